The summed E-state index contributed by atoms with van der Waals surface area (Å²) >= 11 is 0. The van der Waals surface area contributed by atoms with Crippen LogP contribution in [0.25, 0.3) is 0 Å². The van der Waals surface area contributed by atoms with Gasteiger partial charge in [0.25, 0.3) is 0 Å². The largest absolute Gasteiger partial charge is 0.491 e. The summed E-state index contributed by atoms with van der Waals surface area (Å²) < 4.78 is 32.0. The fourth-order valence-electron chi connectivity index (χ4n) is 2.84. The summed E-state index contributed by atoms with van der Waals surface area (Å²) in [6, 6.07) is 1.85. The SMILES string of the molecule is COc1c(N2CCC(C)(C)C2C(N)=O)ccc(F)c1F. The van der Waals surface area contributed by atoms with Crippen molar-refractivity contribution in [2.45, 2.75) is 26.3 Å². The number of hydrogen-bond donors (Lipinski definition) is 1. The number of amides is 1. The number of benzene rings is 1. The van der Waals surface area contributed by atoms with Crippen molar-refractivity contribution in [2.24, 2.45) is 11.1 Å². The van der Waals surface area contributed by atoms with E-state index in [9.17, 15) is 13.6 Å². The minimum atomic E-state index is -1.06. The summed E-state index contributed by atoms with van der Waals surface area (Å²) in [6.45, 7) is 4.38. The van der Waals surface area contributed by atoms with Gasteiger partial charge in [-0.3, -0.25) is 4.79 Å². The van der Waals surface area contributed by atoms with Crippen molar-refractivity contribution in [3.8, 4) is 5.75 Å². The van der Waals surface area contributed by atoms with E-state index >= 15 is 0 Å². The maximum Gasteiger partial charge on any atom is 0.240 e. The Morgan fingerprint density at radius 2 is 2.10 bits per heavy atom. The minimum Gasteiger partial charge on any atom is -0.491 e. The molecule has 20 heavy (non-hydrogen) atoms. The number of nitrogens with zero attached hydrogens (tertiary/aromatic N) is 1. The average Bonchev–Trinajstić information content (AvgIpc) is 2.68. The van der Waals surface area contributed by atoms with Crippen LogP contribution in [0.15, 0.2) is 12.1 Å². The normalized spacial score (nSPS) is 21.1. The summed E-state index contributed by atoms with van der Waals surface area (Å²) in [5, 5.41) is 0. The number of hydrogen-bond acceptors (Lipinski definition) is 3. The smallest absolute Gasteiger partial charge is 0.240 e. The van der Waals surface area contributed by atoms with Gasteiger partial charge in [-0.2, -0.15) is 4.39 Å². The third kappa shape index (κ3) is 2.19. The Morgan fingerprint density at radius 1 is 1.45 bits per heavy atom. The molecule has 0 saturated carbocycles. The Hall–Kier alpha value is -1.85. The number of nitrogens with two attached hydrogens (primary N) is 1. The van der Waals surface area contributed by atoms with Gasteiger partial charge in [0.05, 0.1) is 12.8 Å². The van der Waals surface area contributed by atoms with E-state index < -0.39 is 23.6 Å². The van der Waals surface area contributed by atoms with Gasteiger partial charge < -0.3 is 15.4 Å². The number of ether oxygens (including phenoxy) is 1. The maximum absolute atomic E-state index is 13.8. The molecule has 1 aromatic rings. The van der Waals surface area contributed by atoms with Gasteiger partial charge in [0.2, 0.25) is 11.7 Å². The first-order valence-electron chi connectivity index (χ1n) is 6.37. The van der Waals surface area contributed by atoms with Gasteiger partial charge in [-0.1, -0.05) is 13.8 Å². The molecule has 1 fully saturated rings. The first-order chi connectivity index (χ1) is 9.29. The zero-order valence-electron chi connectivity index (χ0n) is 11.7. The maximum atomic E-state index is 13.8. The number of halogens is 2. The topological polar surface area (TPSA) is 55.6 Å². The molecule has 1 aromatic carbocycles. The Bertz CT molecular complexity index is 546. The van der Waals surface area contributed by atoms with Gasteiger partial charge in [-0.15, -0.1) is 0 Å². The Labute approximate surface area is 116 Å². The van der Waals surface area contributed by atoms with Crippen LogP contribution in [0, 0.1) is 17.0 Å². The zero-order valence-corrected chi connectivity index (χ0v) is 11.7. The minimum absolute atomic E-state index is 0.200. The molecule has 0 bridgehead atoms. The molecule has 4 nitrogen and oxygen atoms in total. The zero-order chi connectivity index (χ0) is 15.1. The van der Waals surface area contributed by atoms with E-state index in [0.29, 0.717) is 12.2 Å². The first kappa shape index (κ1) is 14.6. The molecule has 1 atom stereocenters. The predicted molar refractivity (Wildman–Crippen MR) is 71.6 cm³/mol. The van der Waals surface area contributed by atoms with E-state index in [0.717, 1.165) is 12.5 Å². The highest BCUT2D eigenvalue weighted by atomic mass is 19.2. The molecule has 1 aliphatic heterocycles. The molecule has 0 radical (unpaired) electrons. The molecule has 1 aliphatic rings. The molecule has 0 spiro atoms. The second-order valence-electron chi connectivity index (χ2n) is 5.65. The van der Waals surface area contributed by atoms with E-state index in [1.165, 1.54) is 13.2 Å². The molecule has 110 valence electrons. The number of anilines is 1. The summed E-state index contributed by atoms with van der Waals surface area (Å²) in [4.78, 5) is 13.4. The molecule has 2 rings (SSSR count). The van der Waals surface area contributed by atoms with Crippen molar-refractivity contribution in [3.05, 3.63) is 23.8 Å². The van der Waals surface area contributed by atoms with Crippen LogP contribution in [0.5, 0.6) is 5.75 Å². The number of methoxy groups -OCH3 is 1. The summed E-state index contributed by atoms with van der Waals surface area (Å²) in [5.74, 6) is -2.73. The van der Waals surface area contributed by atoms with Gasteiger partial charge in [0, 0.05) is 6.54 Å². The van der Waals surface area contributed by atoms with E-state index in [4.69, 9.17) is 10.5 Å². The monoisotopic (exact) mass is 284 g/mol. The molecule has 1 saturated heterocycles. The fraction of sp³-hybridized carbons (Fsp3) is 0.500. The standard InChI is InChI=1S/C14H18F2N2O2/c1-14(2)6-7-18(12(14)13(17)19)9-5-4-8(15)10(16)11(9)20-3/h4-5,12H,6-7H2,1-3H3,(H2,17,19). The predicted octanol–water partition coefficient (Wildman–Crippen LogP) is 2.06. The van der Waals surface area contributed by atoms with E-state index in [-0.39, 0.29) is 11.2 Å². The van der Waals surface area contributed by atoms with Gasteiger partial charge in [-0.25, -0.2) is 4.39 Å². The number of rotatable bonds is 3. The molecule has 0 aliphatic carbocycles. The van der Waals surface area contributed by atoms with Crippen LogP contribution >= 0.6 is 0 Å². The van der Waals surface area contributed by atoms with Crippen molar-refractivity contribution in [3.63, 3.8) is 0 Å². The molecule has 0 aromatic heterocycles. The number of primary amides is 1. The van der Waals surface area contributed by atoms with Crippen LogP contribution in [-0.2, 0) is 4.79 Å². The summed E-state index contributed by atoms with van der Waals surface area (Å²) in [5.41, 5.74) is 5.49. The fourth-order valence-corrected chi connectivity index (χ4v) is 2.84. The Kier molecular flexibility index (Phi) is 3.58. The van der Waals surface area contributed by atoms with Crippen LogP contribution < -0.4 is 15.4 Å². The summed E-state index contributed by atoms with van der Waals surface area (Å²) in [6.07, 6.45) is 0.725. The highest BCUT2D eigenvalue weighted by molar-refractivity contribution is 5.86. The highest BCUT2D eigenvalue weighted by Crippen LogP contribution is 2.43. The van der Waals surface area contributed by atoms with Crippen LogP contribution in [-0.4, -0.2) is 25.6 Å². The first-order valence-corrected chi connectivity index (χ1v) is 6.37. The van der Waals surface area contributed by atoms with Crippen molar-refractivity contribution < 1.29 is 18.3 Å². The number of carbonyl (C=O) groups is 1. The lowest BCUT2D eigenvalue weighted by Gasteiger charge is -2.32. The lowest BCUT2D eigenvalue weighted by Crippen LogP contribution is -2.47. The lowest BCUT2D eigenvalue weighted by atomic mass is 9.84. The average molecular weight is 284 g/mol. The van der Waals surface area contributed by atoms with Crippen molar-refractivity contribution >= 4 is 11.6 Å². The Balaban J connectivity index is 2.52. The second kappa shape index (κ2) is 4.92. The van der Waals surface area contributed by atoms with Crippen molar-refractivity contribution in [1.29, 1.82) is 0 Å². The van der Waals surface area contributed by atoms with Crippen LogP contribution in [0.4, 0.5) is 14.5 Å². The van der Waals surface area contributed by atoms with Gasteiger partial charge in [0.15, 0.2) is 11.6 Å². The third-order valence-electron chi connectivity index (χ3n) is 3.86. The molecule has 6 heteroatoms. The molecule has 1 heterocycles. The molecular formula is C14H18F2N2O2. The summed E-state index contributed by atoms with van der Waals surface area (Å²) in [7, 11) is 1.27. The van der Waals surface area contributed by atoms with E-state index in [2.05, 4.69) is 0 Å². The second-order valence-corrected chi connectivity index (χ2v) is 5.65. The van der Waals surface area contributed by atoms with Crippen LogP contribution in [0.3, 0.4) is 0 Å². The lowest BCUT2D eigenvalue weighted by molar-refractivity contribution is -0.120. The van der Waals surface area contributed by atoms with Gasteiger partial charge in [-0.05, 0) is 24.0 Å². The number of carbonyl (C=O) groups excluding carboxylic acids is 1. The molecule has 2 N–H and O–H groups in total. The third-order valence-corrected chi connectivity index (χ3v) is 3.86. The van der Waals surface area contributed by atoms with Crippen molar-refractivity contribution in [2.75, 3.05) is 18.6 Å². The molecular weight excluding hydrogens is 266 g/mol. The quantitative estimate of drug-likeness (QED) is 0.924. The van der Waals surface area contributed by atoms with E-state index in [1.807, 2.05) is 13.8 Å². The highest BCUT2D eigenvalue weighted by Gasteiger charge is 2.45. The van der Waals surface area contributed by atoms with Gasteiger partial charge in [0.1, 0.15) is 6.04 Å². The van der Waals surface area contributed by atoms with Crippen LogP contribution in [0.1, 0.15) is 20.3 Å². The molecule has 1 amide bonds. The van der Waals surface area contributed by atoms with E-state index in [1.54, 1.807) is 4.90 Å². The van der Waals surface area contributed by atoms with Gasteiger partial charge >= 0.3 is 0 Å². The van der Waals surface area contributed by atoms with Crippen molar-refractivity contribution in [1.82, 2.24) is 0 Å². The Morgan fingerprint density at radius 3 is 2.65 bits per heavy atom. The van der Waals surface area contributed by atoms with Crippen LogP contribution in [0.2, 0.25) is 0 Å². The molecule has 1 unspecified atom stereocenters.